The predicted molar refractivity (Wildman–Crippen MR) is 107 cm³/mol. The van der Waals surface area contributed by atoms with Gasteiger partial charge in [0.1, 0.15) is 5.82 Å². The minimum atomic E-state index is -0.206. The normalized spacial score (nSPS) is 14.7. The van der Waals surface area contributed by atoms with E-state index < -0.39 is 0 Å². The molecular weight excluding hydrogens is 309 g/mol. The molecule has 0 aromatic heterocycles. The number of hydrogen-bond donors (Lipinski definition) is 0. The van der Waals surface area contributed by atoms with E-state index in [1.54, 1.807) is 23.3 Å². The van der Waals surface area contributed by atoms with Crippen molar-refractivity contribution in [3.05, 3.63) is 52.4 Å². The van der Waals surface area contributed by atoms with Crippen LogP contribution >= 0.6 is 0 Å². The lowest BCUT2D eigenvalue weighted by atomic mass is 9.95. The molecule has 1 aliphatic carbocycles. The summed E-state index contributed by atoms with van der Waals surface area (Å²) < 4.78 is 13.3. The number of nitrogens with zero attached hydrogens (tertiary/aromatic N) is 1. The molecule has 0 radical (unpaired) electrons. The lowest BCUT2D eigenvalue weighted by molar-refractivity contribution is 0.628. The van der Waals surface area contributed by atoms with E-state index in [0.29, 0.717) is 0 Å². The zero-order valence-corrected chi connectivity index (χ0v) is 16.3. The summed E-state index contributed by atoms with van der Waals surface area (Å²) in [5.74, 6) is -0.206. The van der Waals surface area contributed by atoms with Crippen LogP contribution in [-0.4, -0.2) is 5.71 Å². The number of hydrogen-bond acceptors (Lipinski definition) is 1. The summed E-state index contributed by atoms with van der Waals surface area (Å²) in [4.78, 5) is 5.00. The van der Waals surface area contributed by atoms with Crippen molar-refractivity contribution in [1.29, 1.82) is 0 Å². The van der Waals surface area contributed by atoms with Gasteiger partial charge in [0.2, 0.25) is 0 Å². The Morgan fingerprint density at radius 1 is 0.640 bits per heavy atom. The third-order valence-electron chi connectivity index (χ3n) is 4.73. The fraction of sp³-hybridized carbons (Fsp3) is 0.522. The molecular formula is C23H32FN. The Balaban J connectivity index is 2.58. The highest BCUT2D eigenvalue weighted by Gasteiger charge is 2.28. The first-order chi connectivity index (χ1) is 12.2. The van der Waals surface area contributed by atoms with Gasteiger partial charge in [-0.3, -0.25) is 0 Å². The van der Waals surface area contributed by atoms with E-state index in [1.165, 1.54) is 41.8 Å². The van der Waals surface area contributed by atoms with E-state index in [4.69, 9.17) is 4.99 Å². The Kier molecular flexibility index (Phi) is 7.61. The van der Waals surface area contributed by atoms with Crippen LogP contribution in [0, 0.1) is 5.82 Å². The number of halogens is 1. The molecule has 0 bridgehead atoms. The van der Waals surface area contributed by atoms with Crippen molar-refractivity contribution in [3.63, 3.8) is 0 Å². The molecule has 0 atom stereocenters. The van der Waals surface area contributed by atoms with Crippen LogP contribution in [0.2, 0.25) is 0 Å². The molecule has 136 valence electrons. The van der Waals surface area contributed by atoms with Gasteiger partial charge in [0.05, 0.1) is 11.4 Å². The van der Waals surface area contributed by atoms with Crippen LogP contribution in [0.1, 0.15) is 79.1 Å². The van der Waals surface area contributed by atoms with Gasteiger partial charge in [-0.1, -0.05) is 53.4 Å². The highest BCUT2D eigenvalue weighted by atomic mass is 19.1. The second-order valence-corrected chi connectivity index (χ2v) is 6.85. The Morgan fingerprint density at radius 2 is 1.04 bits per heavy atom. The molecule has 2 rings (SSSR count). The molecule has 0 N–H and O–H groups in total. The minimum Gasteiger partial charge on any atom is -0.248 e. The van der Waals surface area contributed by atoms with Crippen LogP contribution < -0.4 is 0 Å². The van der Waals surface area contributed by atoms with Gasteiger partial charge in [0.25, 0.3) is 0 Å². The third-order valence-corrected chi connectivity index (χ3v) is 4.73. The highest BCUT2D eigenvalue weighted by molar-refractivity contribution is 6.18. The van der Waals surface area contributed by atoms with Crippen molar-refractivity contribution in [2.45, 2.75) is 79.1 Å². The van der Waals surface area contributed by atoms with E-state index in [1.807, 2.05) is 0 Å². The summed E-state index contributed by atoms with van der Waals surface area (Å²) in [6.07, 6.45) is 9.03. The maximum Gasteiger partial charge on any atom is 0.123 e. The van der Waals surface area contributed by atoms with Crippen molar-refractivity contribution in [3.8, 4) is 0 Å². The Hall–Kier alpha value is -1.70. The van der Waals surface area contributed by atoms with Crippen molar-refractivity contribution in [2.75, 3.05) is 0 Å². The van der Waals surface area contributed by atoms with Gasteiger partial charge in [-0.2, -0.15) is 0 Å². The first kappa shape index (κ1) is 19.6. The number of aliphatic imine (C=N–C) groups is 1. The molecule has 0 unspecified atom stereocenters. The van der Waals surface area contributed by atoms with Gasteiger partial charge in [-0.25, -0.2) is 9.38 Å². The molecule has 0 aliphatic heterocycles. The summed E-state index contributed by atoms with van der Waals surface area (Å²) in [5.41, 5.74) is 8.03. The standard InChI is InChI=1S/C23H32FN/c1-5-9-19-20(10-6-2)22(12-8-4)23(21(19)11-7-3)25-18-15-13-17(24)14-16-18/h13-16H,5-12H2,1-4H3. The molecule has 0 heterocycles. The molecule has 1 nitrogen and oxygen atoms in total. The number of benzene rings is 1. The molecule has 0 saturated heterocycles. The Morgan fingerprint density at radius 3 is 1.44 bits per heavy atom. The van der Waals surface area contributed by atoms with Crippen molar-refractivity contribution < 1.29 is 4.39 Å². The smallest absolute Gasteiger partial charge is 0.123 e. The van der Waals surface area contributed by atoms with Crippen LogP contribution in [0.25, 0.3) is 0 Å². The summed E-state index contributed by atoms with van der Waals surface area (Å²) in [7, 11) is 0. The third kappa shape index (κ3) is 4.68. The monoisotopic (exact) mass is 341 g/mol. The molecule has 0 spiro atoms. The predicted octanol–water partition coefficient (Wildman–Crippen LogP) is 7.71. The SMILES string of the molecule is CCCC1=C(CCC)C(CCC)=C(CCC)C1=Nc1ccc(F)cc1. The fourth-order valence-corrected chi connectivity index (χ4v) is 3.75. The average Bonchev–Trinajstić information content (AvgIpc) is 2.85. The number of rotatable bonds is 9. The molecule has 0 amide bonds. The maximum atomic E-state index is 13.3. The van der Waals surface area contributed by atoms with Gasteiger partial charge in [-0.05, 0) is 72.2 Å². The van der Waals surface area contributed by atoms with Crippen LogP contribution in [0.4, 0.5) is 10.1 Å². The van der Waals surface area contributed by atoms with Crippen LogP contribution in [0.3, 0.4) is 0 Å². The first-order valence-corrected chi connectivity index (χ1v) is 9.95. The molecule has 0 saturated carbocycles. The molecule has 1 aliphatic rings. The molecule has 1 aromatic rings. The maximum absolute atomic E-state index is 13.3. The molecule has 1 aromatic carbocycles. The van der Waals surface area contributed by atoms with Gasteiger partial charge in [0.15, 0.2) is 0 Å². The summed E-state index contributed by atoms with van der Waals surface area (Å²) in [6, 6.07) is 6.57. The topological polar surface area (TPSA) is 12.4 Å². The second kappa shape index (κ2) is 9.70. The van der Waals surface area contributed by atoms with Gasteiger partial charge in [0, 0.05) is 0 Å². The minimum absolute atomic E-state index is 0.206. The lowest BCUT2D eigenvalue weighted by Crippen LogP contribution is -2.04. The zero-order valence-electron chi connectivity index (χ0n) is 16.3. The van der Waals surface area contributed by atoms with Crippen molar-refractivity contribution in [1.82, 2.24) is 0 Å². The quantitative estimate of drug-likeness (QED) is 0.436. The van der Waals surface area contributed by atoms with Gasteiger partial charge < -0.3 is 0 Å². The van der Waals surface area contributed by atoms with E-state index >= 15 is 0 Å². The highest BCUT2D eigenvalue weighted by Crippen LogP contribution is 2.40. The Labute approximate surface area is 152 Å². The van der Waals surface area contributed by atoms with E-state index in [2.05, 4.69) is 27.7 Å². The summed E-state index contributed by atoms with van der Waals surface area (Å²) in [5, 5.41) is 0. The zero-order chi connectivity index (χ0) is 18.2. The largest absolute Gasteiger partial charge is 0.248 e. The Bertz CT molecular complexity index is 628. The van der Waals surface area contributed by atoms with Crippen molar-refractivity contribution >= 4 is 11.4 Å². The molecule has 25 heavy (non-hydrogen) atoms. The van der Waals surface area contributed by atoms with Gasteiger partial charge in [-0.15, -0.1) is 0 Å². The van der Waals surface area contributed by atoms with E-state index in [9.17, 15) is 4.39 Å². The summed E-state index contributed by atoms with van der Waals surface area (Å²) >= 11 is 0. The van der Waals surface area contributed by atoms with Crippen molar-refractivity contribution in [2.24, 2.45) is 4.99 Å². The van der Waals surface area contributed by atoms with Crippen LogP contribution in [0.5, 0.6) is 0 Å². The molecule has 0 fully saturated rings. The number of allylic oxidation sites excluding steroid dienone is 4. The van der Waals surface area contributed by atoms with Crippen LogP contribution in [0.15, 0.2) is 51.6 Å². The molecule has 2 heteroatoms. The van der Waals surface area contributed by atoms with Crippen LogP contribution in [-0.2, 0) is 0 Å². The lowest BCUT2D eigenvalue weighted by Gasteiger charge is -2.10. The van der Waals surface area contributed by atoms with E-state index in [-0.39, 0.29) is 5.82 Å². The fourth-order valence-electron chi connectivity index (χ4n) is 3.75. The first-order valence-electron chi connectivity index (χ1n) is 9.95. The average molecular weight is 342 g/mol. The van der Waals surface area contributed by atoms with Gasteiger partial charge >= 0.3 is 0 Å². The second-order valence-electron chi connectivity index (χ2n) is 6.85. The van der Waals surface area contributed by atoms with E-state index in [0.717, 1.165) is 44.2 Å². The summed E-state index contributed by atoms with van der Waals surface area (Å²) in [6.45, 7) is 9.00.